The predicted octanol–water partition coefficient (Wildman–Crippen LogP) is 8.61. The lowest BCUT2D eigenvalue weighted by Crippen LogP contribution is -2.64. The van der Waals surface area contributed by atoms with E-state index in [9.17, 15) is 0 Å². The topological polar surface area (TPSA) is 40.2 Å². The van der Waals surface area contributed by atoms with Gasteiger partial charge in [0, 0.05) is 6.54 Å². The minimum Gasteiger partial charge on any atom is -0.375 e. The van der Waals surface area contributed by atoms with Crippen LogP contribution in [-0.2, 0) is 45.4 Å². The van der Waals surface area contributed by atoms with E-state index in [0.717, 1.165) is 36.2 Å². The van der Waals surface area contributed by atoms with Crippen LogP contribution in [0.4, 0.5) is 0 Å². The van der Waals surface area contributed by atoms with Crippen LogP contribution in [-0.4, -0.2) is 49.0 Å². The Labute approximate surface area is 276 Å². The number of rotatable bonds is 19. The number of piperidine rings is 1. The standard InChI is InChI=1S/C41H51NO4/c1-2-3-4-5-18-27-42-28-39(44-30-35-21-12-7-13-22-35)41(46-32-37-25-16-9-17-26-37)40(45-31-36-23-14-8-15-24-36)38(42)33-43-29-34-19-10-6-11-20-34/h6-17,19-26,38-41H,2-5,18,27-33H2,1H3. The predicted molar refractivity (Wildman–Crippen MR) is 185 cm³/mol. The molecule has 0 aromatic heterocycles. The van der Waals surface area contributed by atoms with Crippen LogP contribution in [0.3, 0.4) is 0 Å². The zero-order valence-electron chi connectivity index (χ0n) is 27.4. The molecule has 1 fully saturated rings. The Hall–Kier alpha value is -3.32. The maximum absolute atomic E-state index is 6.92. The van der Waals surface area contributed by atoms with Crippen LogP contribution in [0.2, 0.25) is 0 Å². The van der Waals surface area contributed by atoms with Crippen molar-refractivity contribution in [1.82, 2.24) is 4.90 Å². The number of ether oxygens (including phenoxy) is 4. The number of hydrogen-bond acceptors (Lipinski definition) is 5. The zero-order chi connectivity index (χ0) is 31.7. The first-order chi connectivity index (χ1) is 22.8. The molecule has 0 amide bonds. The molecule has 0 spiro atoms. The maximum Gasteiger partial charge on any atom is 0.113 e. The Bertz CT molecular complexity index is 1340. The summed E-state index contributed by atoms with van der Waals surface area (Å²) in [6, 6.07) is 41.7. The Morgan fingerprint density at radius 2 is 0.978 bits per heavy atom. The molecule has 1 heterocycles. The van der Waals surface area contributed by atoms with Gasteiger partial charge in [-0.3, -0.25) is 4.90 Å². The van der Waals surface area contributed by atoms with Gasteiger partial charge in [0.25, 0.3) is 0 Å². The highest BCUT2D eigenvalue weighted by atomic mass is 16.6. The van der Waals surface area contributed by atoms with Crippen molar-refractivity contribution >= 4 is 0 Å². The Morgan fingerprint density at radius 1 is 0.522 bits per heavy atom. The lowest BCUT2D eigenvalue weighted by Gasteiger charge is -2.48. The van der Waals surface area contributed by atoms with Gasteiger partial charge in [-0.25, -0.2) is 0 Å². The lowest BCUT2D eigenvalue weighted by atomic mass is 9.92. The Kier molecular flexibility index (Phi) is 14.3. The van der Waals surface area contributed by atoms with E-state index >= 15 is 0 Å². The van der Waals surface area contributed by atoms with Gasteiger partial charge in [-0.15, -0.1) is 0 Å². The van der Waals surface area contributed by atoms with Crippen molar-refractivity contribution in [2.24, 2.45) is 0 Å². The van der Waals surface area contributed by atoms with Crippen molar-refractivity contribution in [2.45, 2.75) is 89.8 Å². The smallest absolute Gasteiger partial charge is 0.113 e. The molecule has 4 aromatic rings. The van der Waals surface area contributed by atoms with E-state index in [0.29, 0.717) is 33.0 Å². The van der Waals surface area contributed by atoms with Gasteiger partial charge in [-0.05, 0) is 35.2 Å². The summed E-state index contributed by atoms with van der Waals surface area (Å²) >= 11 is 0. The van der Waals surface area contributed by atoms with Crippen molar-refractivity contribution in [1.29, 1.82) is 0 Å². The third-order valence-corrected chi connectivity index (χ3v) is 8.78. The van der Waals surface area contributed by atoms with Gasteiger partial charge in [0.1, 0.15) is 12.2 Å². The second-order valence-corrected chi connectivity index (χ2v) is 12.3. The largest absolute Gasteiger partial charge is 0.375 e. The summed E-state index contributed by atoms with van der Waals surface area (Å²) in [6.45, 7) is 6.66. The fraction of sp³-hybridized carbons (Fsp3) is 0.415. The van der Waals surface area contributed by atoms with E-state index in [1.165, 1.54) is 31.2 Å². The fourth-order valence-corrected chi connectivity index (χ4v) is 6.22. The van der Waals surface area contributed by atoms with E-state index in [4.69, 9.17) is 18.9 Å². The number of nitrogens with zero attached hydrogens (tertiary/aromatic N) is 1. The van der Waals surface area contributed by atoms with Gasteiger partial charge in [-0.1, -0.05) is 154 Å². The quantitative estimate of drug-likeness (QED) is 0.0981. The normalized spacial score (nSPS) is 20.1. The minimum absolute atomic E-state index is 0.0240. The van der Waals surface area contributed by atoms with Crippen LogP contribution in [0.5, 0.6) is 0 Å². The molecule has 4 unspecified atom stereocenters. The van der Waals surface area contributed by atoms with Gasteiger partial charge >= 0.3 is 0 Å². The number of likely N-dealkylation sites (tertiary alicyclic amines) is 1. The summed E-state index contributed by atoms with van der Waals surface area (Å²) in [4.78, 5) is 2.56. The van der Waals surface area contributed by atoms with Crippen LogP contribution >= 0.6 is 0 Å². The van der Waals surface area contributed by atoms with Gasteiger partial charge in [0.2, 0.25) is 0 Å². The van der Waals surface area contributed by atoms with E-state index < -0.39 is 0 Å². The van der Waals surface area contributed by atoms with Crippen LogP contribution in [0.25, 0.3) is 0 Å². The molecule has 244 valence electrons. The van der Waals surface area contributed by atoms with E-state index in [2.05, 4.69) is 109 Å². The molecule has 5 rings (SSSR count). The molecule has 46 heavy (non-hydrogen) atoms. The molecule has 4 atom stereocenters. The van der Waals surface area contributed by atoms with Crippen molar-refractivity contribution in [3.05, 3.63) is 144 Å². The molecular weight excluding hydrogens is 570 g/mol. The molecule has 0 radical (unpaired) electrons. The summed E-state index contributed by atoms with van der Waals surface area (Å²) < 4.78 is 27.0. The van der Waals surface area contributed by atoms with Crippen LogP contribution < -0.4 is 0 Å². The van der Waals surface area contributed by atoms with Gasteiger partial charge in [-0.2, -0.15) is 0 Å². The minimum atomic E-state index is -0.269. The second-order valence-electron chi connectivity index (χ2n) is 12.3. The van der Waals surface area contributed by atoms with Gasteiger partial charge < -0.3 is 18.9 Å². The highest BCUT2D eigenvalue weighted by molar-refractivity contribution is 5.16. The first-order valence-electron chi connectivity index (χ1n) is 17.1. The van der Waals surface area contributed by atoms with Crippen molar-refractivity contribution in [3.63, 3.8) is 0 Å². The summed E-state index contributed by atoms with van der Waals surface area (Å²) in [5.74, 6) is 0. The molecule has 0 aliphatic carbocycles. The fourth-order valence-electron chi connectivity index (χ4n) is 6.22. The highest BCUT2D eigenvalue weighted by Crippen LogP contribution is 2.30. The molecule has 0 N–H and O–H groups in total. The van der Waals surface area contributed by atoms with E-state index in [1.54, 1.807) is 0 Å². The summed E-state index contributed by atoms with van der Waals surface area (Å²) in [5, 5.41) is 0. The molecule has 1 saturated heterocycles. The molecule has 5 nitrogen and oxygen atoms in total. The van der Waals surface area contributed by atoms with Crippen LogP contribution in [0.15, 0.2) is 121 Å². The molecule has 0 bridgehead atoms. The van der Waals surface area contributed by atoms with Gasteiger partial charge in [0.15, 0.2) is 0 Å². The second kappa shape index (κ2) is 19.4. The van der Waals surface area contributed by atoms with E-state index in [1.807, 2.05) is 24.3 Å². The van der Waals surface area contributed by atoms with Crippen molar-refractivity contribution < 1.29 is 18.9 Å². The number of benzene rings is 4. The average Bonchev–Trinajstić information content (AvgIpc) is 3.11. The van der Waals surface area contributed by atoms with Crippen molar-refractivity contribution in [2.75, 3.05) is 19.7 Å². The average molecular weight is 622 g/mol. The summed E-state index contributed by atoms with van der Waals surface area (Å²) in [6.07, 6.45) is 5.48. The number of hydrogen-bond donors (Lipinski definition) is 0. The van der Waals surface area contributed by atoms with Crippen molar-refractivity contribution in [3.8, 4) is 0 Å². The summed E-state index contributed by atoms with van der Waals surface area (Å²) in [7, 11) is 0. The first kappa shape index (κ1) is 34.0. The molecular formula is C41H51NO4. The van der Waals surface area contributed by atoms with Crippen LogP contribution in [0.1, 0.15) is 61.3 Å². The highest BCUT2D eigenvalue weighted by Gasteiger charge is 2.46. The molecule has 4 aromatic carbocycles. The third kappa shape index (κ3) is 10.9. The number of unbranched alkanes of at least 4 members (excludes halogenated alkanes) is 4. The van der Waals surface area contributed by atoms with E-state index in [-0.39, 0.29) is 24.4 Å². The van der Waals surface area contributed by atoms with Gasteiger partial charge in [0.05, 0.1) is 45.2 Å². The Morgan fingerprint density at radius 3 is 1.50 bits per heavy atom. The third-order valence-electron chi connectivity index (χ3n) is 8.78. The molecule has 1 aliphatic heterocycles. The molecule has 1 aliphatic rings. The first-order valence-corrected chi connectivity index (χ1v) is 17.1. The lowest BCUT2D eigenvalue weighted by molar-refractivity contribution is -0.210. The molecule has 0 saturated carbocycles. The zero-order valence-corrected chi connectivity index (χ0v) is 27.4. The summed E-state index contributed by atoms with van der Waals surface area (Å²) in [5.41, 5.74) is 4.62. The maximum atomic E-state index is 6.92. The van der Waals surface area contributed by atoms with Crippen LogP contribution in [0, 0.1) is 0 Å². The Balaban J connectivity index is 1.41. The SMILES string of the molecule is CCCCCCCN1CC(OCc2ccccc2)C(OCc2ccccc2)C(OCc2ccccc2)C1COCc1ccccc1. The molecule has 5 heteroatoms. The monoisotopic (exact) mass is 621 g/mol.